The molecule has 5 rings (SSSR count). The molecule has 49 heavy (non-hydrogen) atoms. The van der Waals surface area contributed by atoms with Crippen LogP contribution in [0.4, 0.5) is 0 Å². The number of nitrogens with zero attached hydrogens (tertiary/aromatic N) is 5. The Balaban J connectivity index is -0.000000147. The molecule has 1 aromatic carbocycles. The Morgan fingerprint density at radius 1 is 0.286 bits per heavy atom. The fourth-order valence-corrected chi connectivity index (χ4v) is 1.79. The molecule has 0 saturated carbocycles. The highest BCUT2D eigenvalue weighted by molar-refractivity contribution is 7.07. The van der Waals surface area contributed by atoms with Gasteiger partial charge in [0.1, 0.15) is 6.33 Å². The summed E-state index contributed by atoms with van der Waals surface area (Å²) in [6, 6.07) is 25.2. The summed E-state index contributed by atoms with van der Waals surface area (Å²) >= 11 is 1.60. The van der Waals surface area contributed by atoms with Crippen LogP contribution in [-0.2, 0) is 0 Å². The van der Waals surface area contributed by atoms with Gasteiger partial charge in [-0.1, -0.05) is 152 Å². The Labute approximate surface area is 308 Å². The Bertz CT molecular complexity index is 778. The topological polar surface area (TPSA) is 64.5 Å². The molecule has 0 aliphatic heterocycles. The lowest BCUT2D eigenvalue weighted by atomic mass is 10.3. The largest absolute Gasteiger partial charge is 0.265 e. The maximum atomic E-state index is 3.78. The van der Waals surface area contributed by atoms with Crippen molar-refractivity contribution in [2.45, 2.75) is 104 Å². The third kappa shape index (κ3) is 124. The molecule has 6 heteroatoms. The second-order valence-corrected chi connectivity index (χ2v) is 14.2. The van der Waals surface area contributed by atoms with Crippen LogP contribution in [0.2, 0.25) is 0 Å². The average Bonchev–Trinajstić information content (AvgIpc) is 3.65. The van der Waals surface area contributed by atoms with Crippen LogP contribution in [0.25, 0.3) is 0 Å². The molecule has 0 aliphatic carbocycles. The van der Waals surface area contributed by atoms with E-state index in [1.54, 1.807) is 66.3 Å². The monoisotopic (exact) mass is 692 g/mol. The van der Waals surface area contributed by atoms with E-state index in [4.69, 9.17) is 0 Å². The first-order valence-corrected chi connectivity index (χ1v) is 18.3. The molecular weight excluding hydrogens is 619 g/mol. The van der Waals surface area contributed by atoms with Crippen molar-refractivity contribution in [3.8, 4) is 0 Å². The Morgan fingerprint density at radius 3 is 0.612 bits per heavy atom. The van der Waals surface area contributed by atoms with Crippen molar-refractivity contribution < 1.29 is 0 Å². The quantitative estimate of drug-likeness (QED) is 0.162. The van der Waals surface area contributed by atoms with Crippen LogP contribution < -0.4 is 0 Å². The van der Waals surface area contributed by atoms with Gasteiger partial charge in [-0.05, 0) is 59.9 Å². The van der Waals surface area contributed by atoms with E-state index in [1.807, 2.05) is 78.2 Å². The summed E-state index contributed by atoms with van der Waals surface area (Å²) in [5.41, 5.74) is 1.79. The summed E-state index contributed by atoms with van der Waals surface area (Å²) in [6.07, 6.45) is 13.6. The van der Waals surface area contributed by atoms with E-state index >= 15 is 0 Å². The summed E-state index contributed by atoms with van der Waals surface area (Å²) in [5, 5.41) is 1.93. The van der Waals surface area contributed by atoms with Crippen LogP contribution in [0.15, 0.2) is 139 Å². The second-order valence-electron chi connectivity index (χ2n) is 13.4. The first-order chi connectivity index (χ1) is 23.2. The van der Waals surface area contributed by atoms with Crippen LogP contribution in [0.3, 0.4) is 0 Å². The first-order valence-electron chi connectivity index (χ1n) is 17.4. The minimum Gasteiger partial charge on any atom is -0.265 e. The summed E-state index contributed by atoms with van der Waals surface area (Å²) in [5.74, 6) is 4.17. The molecule has 0 spiro atoms. The van der Waals surface area contributed by atoms with E-state index in [9.17, 15) is 0 Å². The van der Waals surface area contributed by atoms with E-state index in [-0.39, 0.29) is 0 Å². The van der Waals surface area contributed by atoms with E-state index in [2.05, 4.69) is 129 Å². The number of hydrogen-bond acceptors (Lipinski definition) is 6. The Hall–Kier alpha value is -3.77. The summed E-state index contributed by atoms with van der Waals surface area (Å²) in [7, 11) is 0. The molecule has 0 fully saturated rings. The fraction of sp³-hybridized carbons (Fsp3) is 0.465. The molecule has 276 valence electrons. The Morgan fingerprint density at radius 2 is 0.531 bits per heavy atom. The van der Waals surface area contributed by atoms with Crippen molar-refractivity contribution in [3.05, 3.63) is 139 Å². The van der Waals surface area contributed by atoms with Gasteiger partial charge in [-0.3, -0.25) is 15.0 Å². The number of hydrogen-bond donors (Lipinski definition) is 0. The maximum absolute atomic E-state index is 3.78. The van der Waals surface area contributed by atoms with E-state index in [0.29, 0.717) is 0 Å². The van der Waals surface area contributed by atoms with E-state index in [0.717, 1.165) is 29.6 Å². The lowest BCUT2D eigenvalue weighted by Crippen LogP contribution is -1.66. The van der Waals surface area contributed by atoms with Gasteiger partial charge in [-0.25, -0.2) is 9.97 Å². The third-order valence-corrected chi connectivity index (χ3v) is 3.15. The molecule has 0 aliphatic rings. The van der Waals surface area contributed by atoms with Crippen molar-refractivity contribution in [1.82, 2.24) is 24.9 Å². The van der Waals surface area contributed by atoms with E-state index < -0.39 is 0 Å². The molecule has 0 radical (unpaired) electrons. The van der Waals surface area contributed by atoms with Crippen molar-refractivity contribution in [2.75, 3.05) is 0 Å². The zero-order chi connectivity index (χ0) is 38.4. The van der Waals surface area contributed by atoms with E-state index in [1.165, 1.54) is 6.33 Å². The summed E-state index contributed by atoms with van der Waals surface area (Å²) in [4.78, 5) is 18.7. The molecule has 0 N–H and O–H groups in total. The zero-order valence-electron chi connectivity index (χ0n) is 33.8. The fourth-order valence-electron chi connectivity index (χ4n) is 1.44. The van der Waals surface area contributed by atoms with Crippen LogP contribution >= 0.6 is 11.3 Å². The maximum Gasteiger partial charge on any atom is 0.115 e. The Kier molecular flexibility index (Phi) is 57.0. The SMILES string of the molecule is CC(C)C.CC(C)C.CC(C)C.CC(C)C.CC(C)C.c1ccccc1.c1ccncc1.c1ccncc1.c1cncnc1.c1cscn1. The molecule has 4 aromatic heterocycles. The highest BCUT2D eigenvalue weighted by Gasteiger charge is 1.70. The van der Waals surface area contributed by atoms with Gasteiger partial charge in [0.05, 0.1) is 5.51 Å². The van der Waals surface area contributed by atoms with Crippen molar-refractivity contribution in [2.24, 2.45) is 29.6 Å². The molecule has 0 saturated heterocycles. The van der Waals surface area contributed by atoms with Crippen molar-refractivity contribution >= 4 is 11.3 Å². The van der Waals surface area contributed by atoms with Crippen LogP contribution in [0, 0.1) is 29.6 Å². The highest BCUT2D eigenvalue weighted by Crippen LogP contribution is 1.86. The third-order valence-electron chi connectivity index (χ3n) is 2.62. The minimum atomic E-state index is 0.833. The standard InChI is InChI=1S/C6H6.2C5H5N.C4H4N2.5C4H10.C3H3NS/c3*1-2-4-6-5-3-1;1-2-5-4-6-3-1;5*1-4(2)3;1-2-5-3-4-1/h1-6H;2*1-5H;1-4H;5*4H,1-3H3;1-3H. The molecule has 0 bridgehead atoms. The van der Waals surface area contributed by atoms with Crippen molar-refractivity contribution in [3.63, 3.8) is 0 Å². The molecule has 0 unspecified atom stereocenters. The predicted octanol–water partition coefficient (Wildman–Crippen LogP) is 13.8. The van der Waals surface area contributed by atoms with Crippen molar-refractivity contribution in [1.29, 1.82) is 0 Å². The van der Waals surface area contributed by atoms with Gasteiger partial charge in [0, 0.05) is 48.8 Å². The second kappa shape index (κ2) is 51.1. The van der Waals surface area contributed by atoms with Crippen LogP contribution in [0.1, 0.15) is 104 Å². The number of thiazole rings is 1. The van der Waals surface area contributed by atoms with Gasteiger partial charge in [-0.15, -0.1) is 11.3 Å². The summed E-state index contributed by atoms with van der Waals surface area (Å²) < 4.78 is 0. The normalized spacial score (nSPS) is 8.41. The molecule has 5 aromatic rings. The van der Waals surface area contributed by atoms with Gasteiger partial charge in [0.25, 0.3) is 0 Å². The number of aromatic nitrogens is 5. The van der Waals surface area contributed by atoms with Crippen LogP contribution in [-0.4, -0.2) is 24.9 Å². The highest BCUT2D eigenvalue weighted by atomic mass is 32.1. The molecule has 5 nitrogen and oxygen atoms in total. The zero-order valence-corrected chi connectivity index (χ0v) is 34.6. The molecule has 4 heterocycles. The number of benzene rings is 1. The van der Waals surface area contributed by atoms with Gasteiger partial charge in [0.15, 0.2) is 0 Å². The molecule has 0 atom stereocenters. The predicted molar refractivity (Wildman–Crippen MR) is 222 cm³/mol. The lowest BCUT2D eigenvalue weighted by Gasteiger charge is -1.79. The molecule has 0 amide bonds. The minimum absolute atomic E-state index is 0.833. The van der Waals surface area contributed by atoms with Gasteiger partial charge in [0.2, 0.25) is 0 Å². The first kappa shape index (κ1) is 54.7. The van der Waals surface area contributed by atoms with Gasteiger partial charge < -0.3 is 0 Å². The van der Waals surface area contributed by atoms with Gasteiger partial charge >= 0.3 is 0 Å². The van der Waals surface area contributed by atoms with Gasteiger partial charge in [-0.2, -0.15) is 0 Å². The molecular formula is C43H73N5S. The smallest absolute Gasteiger partial charge is 0.115 e. The number of rotatable bonds is 0. The average molecular weight is 692 g/mol. The van der Waals surface area contributed by atoms with Crippen LogP contribution in [0.5, 0.6) is 0 Å². The summed E-state index contributed by atoms with van der Waals surface area (Å²) in [6.45, 7) is 32.5. The number of pyridine rings is 2. The lowest BCUT2D eigenvalue weighted by molar-refractivity contribution is 0.736.